The average Bonchev–Trinajstić information content (AvgIpc) is 2.46. The third-order valence-electron chi connectivity index (χ3n) is 3.18. The van der Waals surface area contributed by atoms with Crippen molar-refractivity contribution >= 4 is 0 Å². The summed E-state index contributed by atoms with van der Waals surface area (Å²) >= 11 is 0. The highest BCUT2D eigenvalue weighted by molar-refractivity contribution is 5.68. The first kappa shape index (κ1) is 12.6. The van der Waals surface area contributed by atoms with Crippen molar-refractivity contribution < 1.29 is 5.11 Å². The Morgan fingerprint density at radius 2 is 1.78 bits per heavy atom. The molecule has 1 heteroatoms. The first-order valence-corrected chi connectivity index (χ1v) is 6.25. The lowest BCUT2D eigenvalue weighted by atomic mass is 9.95. The van der Waals surface area contributed by atoms with Crippen LogP contribution in [0.1, 0.15) is 24.2 Å². The van der Waals surface area contributed by atoms with E-state index in [0.29, 0.717) is 0 Å². The van der Waals surface area contributed by atoms with Gasteiger partial charge in [-0.2, -0.15) is 0 Å². The molecule has 18 heavy (non-hydrogen) atoms. The van der Waals surface area contributed by atoms with Crippen LogP contribution in [-0.2, 0) is 6.42 Å². The summed E-state index contributed by atoms with van der Waals surface area (Å²) in [6, 6.07) is 16.4. The molecule has 0 radical (unpaired) electrons. The Morgan fingerprint density at radius 3 is 2.39 bits per heavy atom. The summed E-state index contributed by atoms with van der Waals surface area (Å²) in [7, 11) is 0. The van der Waals surface area contributed by atoms with Gasteiger partial charge in [-0.3, -0.25) is 0 Å². The molecular weight excluding hydrogens is 220 g/mol. The van der Waals surface area contributed by atoms with E-state index in [1.807, 2.05) is 24.3 Å². The van der Waals surface area contributed by atoms with Gasteiger partial charge in [0.1, 0.15) is 0 Å². The number of aliphatic hydroxyl groups excluding tert-OH is 1. The minimum Gasteiger partial charge on any atom is -0.384 e. The van der Waals surface area contributed by atoms with Gasteiger partial charge in [-0.1, -0.05) is 61.5 Å². The predicted molar refractivity (Wildman–Crippen MR) is 76.4 cm³/mol. The highest BCUT2D eigenvalue weighted by Crippen LogP contribution is 2.28. The van der Waals surface area contributed by atoms with E-state index in [4.69, 9.17) is 0 Å². The van der Waals surface area contributed by atoms with Crippen LogP contribution in [0.4, 0.5) is 0 Å². The van der Waals surface area contributed by atoms with Crippen molar-refractivity contribution in [2.45, 2.75) is 19.4 Å². The van der Waals surface area contributed by atoms with Crippen LogP contribution in [0.25, 0.3) is 11.1 Å². The van der Waals surface area contributed by atoms with Crippen molar-refractivity contribution in [2.24, 2.45) is 0 Å². The lowest BCUT2D eigenvalue weighted by molar-refractivity contribution is 0.229. The van der Waals surface area contributed by atoms with Gasteiger partial charge in [-0.25, -0.2) is 0 Å². The molecule has 92 valence electrons. The van der Waals surface area contributed by atoms with E-state index >= 15 is 0 Å². The van der Waals surface area contributed by atoms with Gasteiger partial charge in [0.25, 0.3) is 0 Å². The quantitative estimate of drug-likeness (QED) is 0.794. The van der Waals surface area contributed by atoms with E-state index < -0.39 is 6.10 Å². The Hall–Kier alpha value is -1.86. The molecule has 2 aromatic carbocycles. The summed E-state index contributed by atoms with van der Waals surface area (Å²) in [4.78, 5) is 0. The van der Waals surface area contributed by atoms with Crippen molar-refractivity contribution in [3.63, 3.8) is 0 Å². The molecule has 0 aliphatic carbocycles. The molecule has 0 aliphatic heterocycles. The minimum absolute atomic E-state index is 0.618. The van der Waals surface area contributed by atoms with Gasteiger partial charge in [-0.05, 0) is 28.7 Å². The highest BCUT2D eigenvalue weighted by atomic mass is 16.3. The van der Waals surface area contributed by atoms with Crippen LogP contribution >= 0.6 is 0 Å². The monoisotopic (exact) mass is 238 g/mol. The molecule has 1 unspecified atom stereocenters. The van der Waals surface area contributed by atoms with E-state index in [2.05, 4.69) is 37.8 Å². The summed E-state index contributed by atoms with van der Waals surface area (Å²) in [5.74, 6) is 0. The van der Waals surface area contributed by atoms with E-state index in [-0.39, 0.29) is 0 Å². The van der Waals surface area contributed by atoms with E-state index in [9.17, 15) is 5.11 Å². The average molecular weight is 238 g/mol. The van der Waals surface area contributed by atoms with Crippen molar-refractivity contribution in [3.8, 4) is 11.1 Å². The number of hydrogen-bond acceptors (Lipinski definition) is 1. The Bertz CT molecular complexity index is 526. The SMILES string of the molecule is C=CC(O)c1ccccc1-c1ccc(CC)cc1. The highest BCUT2D eigenvalue weighted by Gasteiger charge is 2.09. The molecular formula is C17H18O. The third-order valence-corrected chi connectivity index (χ3v) is 3.18. The summed E-state index contributed by atoms with van der Waals surface area (Å²) in [6.07, 6.45) is 1.98. The molecule has 1 atom stereocenters. The van der Waals surface area contributed by atoms with Gasteiger partial charge < -0.3 is 5.11 Å². The van der Waals surface area contributed by atoms with Crippen molar-refractivity contribution in [3.05, 3.63) is 72.3 Å². The summed E-state index contributed by atoms with van der Waals surface area (Å²) < 4.78 is 0. The molecule has 0 bridgehead atoms. The van der Waals surface area contributed by atoms with Crippen LogP contribution < -0.4 is 0 Å². The maximum Gasteiger partial charge on any atom is 0.0975 e. The minimum atomic E-state index is -0.618. The van der Waals surface area contributed by atoms with Gasteiger partial charge in [0, 0.05) is 0 Å². The van der Waals surface area contributed by atoms with Crippen LogP contribution in [0.3, 0.4) is 0 Å². The molecule has 1 N–H and O–H groups in total. The van der Waals surface area contributed by atoms with Gasteiger partial charge in [0.15, 0.2) is 0 Å². The van der Waals surface area contributed by atoms with Gasteiger partial charge >= 0.3 is 0 Å². The number of aliphatic hydroxyl groups is 1. The zero-order chi connectivity index (χ0) is 13.0. The maximum atomic E-state index is 9.95. The molecule has 0 fully saturated rings. The maximum absolute atomic E-state index is 9.95. The second-order valence-electron chi connectivity index (χ2n) is 4.32. The van der Waals surface area contributed by atoms with Gasteiger partial charge in [0.05, 0.1) is 6.10 Å². The zero-order valence-electron chi connectivity index (χ0n) is 10.6. The van der Waals surface area contributed by atoms with Gasteiger partial charge in [0.2, 0.25) is 0 Å². The summed E-state index contributed by atoms with van der Waals surface area (Å²) in [5, 5.41) is 9.95. The Morgan fingerprint density at radius 1 is 1.11 bits per heavy atom. The zero-order valence-corrected chi connectivity index (χ0v) is 10.6. The fourth-order valence-corrected chi connectivity index (χ4v) is 2.06. The molecule has 1 nitrogen and oxygen atoms in total. The van der Waals surface area contributed by atoms with Crippen LogP contribution in [0.2, 0.25) is 0 Å². The van der Waals surface area contributed by atoms with Crippen LogP contribution in [0.5, 0.6) is 0 Å². The Kier molecular flexibility index (Phi) is 3.96. The van der Waals surface area contributed by atoms with Crippen LogP contribution in [-0.4, -0.2) is 5.11 Å². The third kappa shape index (κ3) is 2.52. The Balaban J connectivity index is 2.46. The number of hydrogen-bond donors (Lipinski definition) is 1. The van der Waals surface area contributed by atoms with Crippen LogP contribution in [0.15, 0.2) is 61.2 Å². The molecule has 2 aromatic rings. The molecule has 0 heterocycles. The topological polar surface area (TPSA) is 20.2 Å². The predicted octanol–water partition coefficient (Wildman–Crippen LogP) is 4.14. The molecule has 2 rings (SSSR count). The molecule has 0 aromatic heterocycles. The second-order valence-corrected chi connectivity index (χ2v) is 4.32. The van der Waals surface area contributed by atoms with Crippen molar-refractivity contribution in [1.29, 1.82) is 0 Å². The standard InChI is InChI=1S/C17H18O/c1-3-13-9-11-14(12-10-13)15-7-5-6-8-16(15)17(18)4-2/h4-12,17-18H,2-3H2,1H3. The van der Waals surface area contributed by atoms with Crippen molar-refractivity contribution in [1.82, 2.24) is 0 Å². The smallest absolute Gasteiger partial charge is 0.0975 e. The fraction of sp³-hybridized carbons (Fsp3) is 0.176. The Labute approximate surface area is 108 Å². The molecule has 0 aliphatic rings. The number of rotatable bonds is 4. The van der Waals surface area contributed by atoms with E-state index in [1.165, 1.54) is 5.56 Å². The normalized spacial score (nSPS) is 12.1. The lowest BCUT2D eigenvalue weighted by Gasteiger charge is -2.13. The fourth-order valence-electron chi connectivity index (χ4n) is 2.06. The van der Waals surface area contributed by atoms with E-state index in [1.54, 1.807) is 6.08 Å². The van der Waals surface area contributed by atoms with E-state index in [0.717, 1.165) is 23.1 Å². The number of benzene rings is 2. The van der Waals surface area contributed by atoms with Crippen LogP contribution in [0, 0.1) is 0 Å². The molecule has 0 amide bonds. The molecule has 0 spiro atoms. The summed E-state index contributed by atoms with van der Waals surface area (Å²) in [5.41, 5.74) is 4.41. The molecule has 0 saturated heterocycles. The summed E-state index contributed by atoms with van der Waals surface area (Å²) in [6.45, 7) is 5.79. The largest absolute Gasteiger partial charge is 0.384 e. The first-order chi connectivity index (χ1) is 8.76. The second kappa shape index (κ2) is 5.65. The lowest BCUT2D eigenvalue weighted by Crippen LogP contribution is -1.96. The van der Waals surface area contributed by atoms with Crippen molar-refractivity contribution in [2.75, 3.05) is 0 Å². The van der Waals surface area contributed by atoms with Gasteiger partial charge in [-0.15, -0.1) is 6.58 Å². The molecule has 0 saturated carbocycles. The number of aryl methyl sites for hydroxylation is 1. The first-order valence-electron chi connectivity index (χ1n) is 6.25.